The summed E-state index contributed by atoms with van der Waals surface area (Å²) in [6.07, 6.45) is 1.03. The lowest BCUT2D eigenvalue weighted by atomic mass is 10.2. The number of carbonyl (C=O) groups is 2. The summed E-state index contributed by atoms with van der Waals surface area (Å²) in [6, 6.07) is 9.85. The lowest BCUT2D eigenvalue weighted by Crippen LogP contribution is -2.46. The van der Waals surface area contributed by atoms with E-state index in [-0.39, 0.29) is 23.9 Å². The highest BCUT2D eigenvalue weighted by atomic mass is 16.2. The van der Waals surface area contributed by atoms with Gasteiger partial charge in [0, 0.05) is 31.7 Å². The fourth-order valence-electron chi connectivity index (χ4n) is 2.24. The van der Waals surface area contributed by atoms with Crippen molar-refractivity contribution in [1.82, 2.24) is 10.6 Å². The van der Waals surface area contributed by atoms with E-state index in [2.05, 4.69) is 22.5 Å². The van der Waals surface area contributed by atoms with Gasteiger partial charge in [-0.25, -0.2) is 0 Å². The molecule has 20 heavy (non-hydrogen) atoms. The number of hydrogen-bond acceptors (Lipinski definition) is 3. The van der Waals surface area contributed by atoms with Crippen LogP contribution in [0.2, 0.25) is 0 Å². The molecule has 5 heteroatoms. The summed E-state index contributed by atoms with van der Waals surface area (Å²) in [7, 11) is 2.00. The molecule has 1 aromatic rings. The standard InChI is InChI=1S/C15H21N3O2/c1-11(18(2)12-6-4-3-5-7-12)10-16-15(20)13-8-9-14(19)17-13/h3-7,11,13H,8-10H2,1-2H3,(H,16,20)(H,17,19)/t11-,13+/m1/s1. The van der Waals surface area contributed by atoms with E-state index in [1.807, 2.05) is 37.4 Å². The van der Waals surface area contributed by atoms with Crippen molar-refractivity contribution in [2.75, 3.05) is 18.5 Å². The summed E-state index contributed by atoms with van der Waals surface area (Å²) < 4.78 is 0. The lowest BCUT2D eigenvalue weighted by molar-refractivity contribution is -0.125. The quantitative estimate of drug-likeness (QED) is 0.839. The zero-order valence-corrected chi connectivity index (χ0v) is 11.9. The van der Waals surface area contributed by atoms with Gasteiger partial charge < -0.3 is 15.5 Å². The Labute approximate surface area is 119 Å². The molecule has 2 amide bonds. The minimum atomic E-state index is -0.364. The molecule has 1 aliphatic rings. The molecule has 1 heterocycles. The maximum absolute atomic E-state index is 11.9. The van der Waals surface area contributed by atoms with Crippen molar-refractivity contribution in [3.63, 3.8) is 0 Å². The molecule has 0 saturated carbocycles. The van der Waals surface area contributed by atoms with E-state index in [4.69, 9.17) is 0 Å². The van der Waals surface area contributed by atoms with Crippen molar-refractivity contribution in [1.29, 1.82) is 0 Å². The molecule has 0 aliphatic carbocycles. The molecule has 0 aromatic heterocycles. The Bertz CT molecular complexity index is 475. The molecule has 1 aliphatic heterocycles. The van der Waals surface area contributed by atoms with E-state index in [0.29, 0.717) is 19.4 Å². The van der Waals surface area contributed by atoms with Crippen LogP contribution in [0.4, 0.5) is 5.69 Å². The van der Waals surface area contributed by atoms with Crippen LogP contribution in [-0.2, 0) is 9.59 Å². The smallest absolute Gasteiger partial charge is 0.242 e. The molecule has 1 saturated heterocycles. The second kappa shape index (κ2) is 6.41. The number of anilines is 1. The topological polar surface area (TPSA) is 61.4 Å². The van der Waals surface area contributed by atoms with Crippen LogP contribution in [0.3, 0.4) is 0 Å². The number of benzene rings is 1. The molecular formula is C15H21N3O2. The average Bonchev–Trinajstić information content (AvgIpc) is 2.91. The molecule has 0 radical (unpaired) electrons. The maximum Gasteiger partial charge on any atom is 0.242 e. The normalized spacial score (nSPS) is 19.3. The Morgan fingerprint density at radius 1 is 1.45 bits per heavy atom. The molecule has 0 bridgehead atoms. The summed E-state index contributed by atoms with van der Waals surface area (Å²) in [6.45, 7) is 2.61. The van der Waals surface area contributed by atoms with Crippen LogP contribution in [0.5, 0.6) is 0 Å². The summed E-state index contributed by atoms with van der Waals surface area (Å²) in [5.74, 6) is -0.135. The Hall–Kier alpha value is -2.04. The van der Waals surface area contributed by atoms with Gasteiger partial charge in [0.05, 0.1) is 0 Å². The third kappa shape index (κ3) is 3.50. The molecule has 0 unspecified atom stereocenters. The minimum Gasteiger partial charge on any atom is -0.370 e. The Kier molecular flexibility index (Phi) is 4.61. The first-order valence-corrected chi connectivity index (χ1v) is 6.93. The number of likely N-dealkylation sites (N-methyl/N-ethyl adjacent to an activating group) is 1. The maximum atomic E-state index is 11.9. The monoisotopic (exact) mass is 275 g/mol. The second-order valence-corrected chi connectivity index (χ2v) is 5.20. The molecule has 2 N–H and O–H groups in total. The minimum absolute atomic E-state index is 0.0420. The van der Waals surface area contributed by atoms with E-state index < -0.39 is 0 Å². The molecule has 108 valence electrons. The molecule has 2 atom stereocenters. The fourth-order valence-corrected chi connectivity index (χ4v) is 2.24. The lowest BCUT2D eigenvalue weighted by Gasteiger charge is -2.27. The summed E-state index contributed by atoms with van der Waals surface area (Å²) >= 11 is 0. The van der Waals surface area contributed by atoms with Crippen molar-refractivity contribution >= 4 is 17.5 Å². The SMILES string of the molecule is C[C@H](CNC(=O)[C@@H]1CCC(=O)N1)N(C)c1ccccc1. The Morgan fingerprint density at radius 2 is 2.15 bits per heavy atom. The van der Waals surface area contributed by atoms with Gasteiger partial charge in [-0.1, -0.05) is 18.2 Å². The van der Waals surface area contributed by atoms with E-state index >= 15 is 0 Å². The third-order valence-electron chi connectivity index (χ3n) is 3.71. The van der Waals surface area contributed by atoms with E-state index in [1.165, 1.54) is 0 Å². The highest BCUT2D eigenvalue weighted by molar-refractivity contribution is 5.90. The predicted molar refractivity (Wildman–Crippen MR) is 78.5 cm³/mol. The van der Waals surface area contributed by atoms with Gasteiger partial charge in [-0.05, 0) is 25.5 Å². The van der Waals surface area contributed by atoms with Crippen LogP contribution in [0.25, 0.3) is 0 Å². The van der Waals surface area contributed by atoms with Gasteiger partial charge in [-0.3, -0.25) is 9.59 Å². The van der Waals surface area contributed by atoms with Gasteiger partial charge >= 0.3 is 0 Å². The van der Waals surface area contributed by atoms with Crippen LogP contribution < -0.4 is 15.5 Å². The highest BCUT2D eigenvalue weighted by Crippen LogP contribution is 2.13. The average molecular weight is 275 g/mol. The number of nitrogens with one attached hydrogen (secondary N) is 2. The molecule has 2 rings (SSSR count). The summed E-state index contributed by atoms with van der Waals surface area (Å²) in [5.41, 5.74) is 1.11. The second-order valence-electron chi connectivity index (χ2n) is 5.20. The van der Waals surface area contributed by atoms with E-state index in [9.17, 15) is 9.59 Å². The van der Waals surface area contributed by atoms with Gasteiger partial charge in [-0.15, -0.1) is 0 Å². The number of nitrogens with zero attached hydrogens (tertiary/aromatic N) is 1. The predicted octanol–water partition coefficient (Wildman–Crippen LogP) is 0.906. The first-order valence-electron chi connectivity index (χ1n) is 6.93. The van der Waals surface area contributed by atoms with Gasteiger partial charge in [0.25, 0.3) is 0 Å². The van der Waals surface area contributed by atoms with Crippen molar-refractivity contribution in [3.8, 4) is 0 Å². The Balaban J connectivity index is 1.81. The van der Waals surface area contributed by atoms with Crippen LogP contribution in [0, 0.1) is 0 Å². The summed E-state index contributed by atoms with van der Waals surface area (Å²) in [4.78, 5) is 25.1. The van der Waals surface area contributed by atoms with Crippen LogP contribution in [0.15, 0.2) is 30.3 Å². The highest BCUT2D eigenvalue weighted by Gasteiger charge is 2.27. The number of carbonyl (C=O) groups excluding carboxylic acids is 2. The zero-order chi connectivity index (χ0) is 14.5. The molecule has 0 spiro atoms. The van der Waals surface area contributed by atoms with E-state index in [0.717, 1.165) is 5.69 Å². The number of hydrogen-bond donors (Lipinski definition) is 2. The molecular weight excluding hydrogens is 254 g/mol. The van der Waals surface area contributed by atoms with E-state index in [1.54, 1.807) is 0 Å². The zero-order valence-electron chi connectivity index (χ0n) is 11.9. The molecule has 1 aromatic carbocycles. The molecule has 5 nitrogen and oxygen atoms in total. The first kappa shape index (κ1) is 14.4. The van der Waals surface area contributed by atoms with Gasteiger partial charge in [0.1, 0.15) is 6.04 Å². The Morgan fingerprint density at radius 3 is 2.75 bits per heavy atom. The number of amides is 2. The molecule has 1 fully saturated rings. The van der Waals surface area contributed by atoms with Crippen LogP contribution >= 0.6 is 0 Å². The summed E-state index contributed by atoms with van der Waals surface area (Å²) in [5, 5.41) is 5.57. The third-order valence-corrected chi connectivity index (χ3v) is 3.71. The number of para-hydroxylation sites is 1. The van der Waals surface area contributed by atoms with Gasteiger partial charge in [0.2, 0.25) is 11.8 Å². The van der Waals surface area contributed by atoms with Crippen molar-refractivity contribution < 1.29 is 9.59 Å². The van der Waals surface area contributed by atoms with Gasteiger partial charge in [-0.2, -0.15) is 0 Å². The largest absolute Gasteiger partial charge is 0.370 e. The van der Waals surface area contributed by atoms with Crippen molar-refractivity contribution in [3.05, 3.63) is 30.3 Å². The van der Waals surface area contributed by atoms with Crippen LogP contribution in [0.1, 0.15) is 19.8 Å². The fraction of sp³-hybridized carbons (Fsp3) is 0.467. The number of rotatable bonds is 5. The van der Waals surface area contributed by atoms with Crippen LogP contribution in [-0.4, -0.2) is 37.5 Å². The van der Waals surface area contributed by atoms with Gasteiger partial charge in [0.15, 0.2) is 0 Å². The van der Waals surface area contributed by atoms with Crippen molar-refractivity contribution in [2.24, 2.45) is 0 Å². The first-order chi connectivity index (χ1) is 9.58. The van der Waals surface area contributed by atoms with Crippen molar-refractivity contribution in [2.45, 2.75) is 31.8 Å².